The van der Waals surface area contributed by atoms with Crippen LogP contribution in [0.5, 0.6) is 0 Å². The quantitative estimate of drug-likeness (QED) is 0.174. The Hall–Kier alpha value is 1.25. The molecule has 0 saturated heterocycles. The van der Waals surface area contributed by atoms with Gasteiger partial charge in [0.1, 0.15) is 6.04 Å². The van der Waals surface area contributed by atoms with Crippen molar-refractivity contribution in [2.75, 3.05) is 24.6 Å². The maximum atomic E-state index is 11.2. The third-order valence-electron chi connectivity index (χ3n) is 3.29. The Morgan fingerprint density at radius 2 is 1.28 bits per heavy atom. The van der Waals surface area contributed by atoms with Gasteiger partial charge in [0.05, 0.1) is 20.2 Å². The average Bonchev–Trinajstić information content (AvgIpc) is 2.36. The summed E-state index contributed by atoms with van der Waals surface area (Å²) in [5.74, 6) is -2.03. The molecule has 13 heteroatoms. The molecule has 0 aromatic heterocycles. The summed E-state index contributed by atoms with van der Waals surface area (Å²) in [7, 11) is -8.58. The molecule has 0 unspecified atom stereocenters. The Balaban J connectivity index is -0.00000242. The van der Waals surface area contributed by atoms with Gasteiger partial charge >= 0.3 is 65.1 Å². The number of aliphatic carboxylic acids is 1. The third kappa shape index (κ3) is 18.4. The topological polar surface area (TPSA) is 155 Å². The number of hydrogen-bond donors (Lipinski definition) is 1. The molecule has 0 aromatic carbocycles. The van der Waals surface area contributed by atoms with Crippen molar-refractivity contribution in [2.24, 2.45) is 0 Å². The van der Waals surface area contributed by atoms with Gasteiger partial charge in [-0.25, -0.2) is 16.8 Å². The van der Waals surface area contributed by atoms with Gasteiger partial charge in [0.25, 0.3) is 0 Å². The molecule has 1 N–H and O–H groups in total. The summed E-state index contributed by atoms with van der Waals surface area (Å²) in [6, 6.07) is -0.775. The van der Waals surface area contributed by atoms with Gasteiger partial charge < -0.3 is 14.2 Å². The first-order valence-corrected chi connectivity index (χ1v) is 10.5. The maximum absolute atomic E-state index is 11.2. The van der Waals surface area contributed by atoms with Gasteiger partial charge in [-0.1, -0.05) is 6.92 Å². The van der Waals surface area contributed by atoms with Crippen molar-refractivity contribution in [3.05, 3.63) is 0 Å². The van der Waals surface area contributed by atoms with E-state index in [9.17, 15) is 35.8 Å². The molecule has 0 fully saturated rings. The summed E-state index contributed by atoms with van der Waals surface area (Å²) in [6.45, 7) is 2.25. The van der Waals surface area contributed by atoms with Gasteiger partial charge in [0, 0.05) is 11.5 Å². The fourth-order valence-electron chi connectivity index (χ4n) is 2.20. The first-order chi connectivity index (χ1) is 10.5. The van der Waals surface area contributed by atoms with E-state index in [0.29, 0.717) is 19.3 Å². The second kappa shape index (κ2) is 15.2. The van der Waals surface area contributed by atoms with Crippen molar-refractivity contribution < 1.29 is 95.0 Å². The van der Waals surface area contributed by atoms with Crippen molar-refractivity contribution in [1.82, 2.24) is 4.90 Å². The molecule has 0 bridgehead atoms. The Kier molecular flexibility index (Phi) is 18.8. The third-order valence-corrected chi connectivity index (χ3v) is 4.87. The Morgan fingerprint density at radius 1 is 0.920 bits per heavy atom. The molecule has 9 nitrogen and oxygen atoms in total. The first kappa shape index (κ1) is 31.0. The molecule has 0 radical (unpaired) electrons. The molecular formula is C12H23NNa2O8S2. The second-order valence-corrected chi connectivity index (χ2v) is 8.28. The minimum Gasteiger partial charge on any atom is -0.748 e. The molecule has 0 amide bonds. The summed E-state index contributed by atoms with van der Waals surface area (Å²) in [5.41, 5.74) is 0. The van der Waals surface area contributed by atoms with Crippen molar-refractivity contribution in [2.45, 2.75) is 45.1 Å². The molecule has 0 aliphatic heterocycles. The van der Waals surface area contributed by atoms with Crippen LogP contribution in [-0.4, -0.2) is 72.6 Å². The molecule has 0 aromatic rings. The van der Waals surface area contributed by atoms with Crippen LogP contribution in [0.3, 0.4) is 0 Å². The predicted octanol–water partition coefficient (Wildman–Crippen LogP) is -6.19. The fraction of sp³-hybridized carbons (Fsp3) is 0.917. The number of nitrogens with zero attached hydrogens (tertiary/aromatic N) is 1. The van der Waals surface area contributed by atoms with Crippen LogP contribution in [0.4, 0.5) is 0 Å². The van der Waals surface area contributed by atoms with E-state index in [-0.39, 0.29) is 85.0 Å². The maximum Gasteiger partial charge on any atom is 1.00 e. The molecule has 138 valence electrons. The van der Waals surface area contributed by atoms with E-state index in [4.69, 9.17) is 0 Å². The van der Waals surface area contributed by atoms with Gasteiger partial charge in [-0.05, 0) is 45.2 Å². The summed E-state index contributed by atoms with van der Waals surface area (Å²) >= 11 is 0. The summed E-state index contributed by atoms with van der Waals surface area (Å²) < 4.78 is 63.2. The molecule has 25 heavy (non-hydrogen) atoms. The van der Waals surface area contributed by atoms with Crippen molar-refractivity contribution in [3.63, 3.8) is 0 Å². The van der Waals surface area contributed by atoms with E-state index in [1.807, 2.05) is 0 Å². The molecule has 0 rings (SSSR count). The van der Waals surface area contributed by atoms with E-state index >= 15 is 0 Å². The molecule has 0 spiro atoms. The SMILES string of the molecule is CC[C@@H](C(=O)O)N(CCCCS(=O)(=O)[O-])CCCCS(=O)(=O)[O-].[Na+].[Na+]. The predicted molar refractivity (Wildman–Crippen MR) is 80.9 cm³/mol. The average molecular weight is 419 g/mol. The van der Waals surface area contributed by atoms with Gasteiger partial charge in [-0.3, -0.25) is 9.69 Å². The second-order valence-electron chi connectivity index (χ2n) is 5.24. The Labute approximate surface area is 194 Å². The van der Waals surface area contributed by atoms with Crippen LogP contribution in [0, 0.1) is 0 Å². The number of unbranched alkanes of at least 4 members (excludes halogenated alkanes) is 2. The largest absolute Gasteiger partial charge is 1.00 e. The van der Waals surface area contributed by atoms with Crippen LogP contribution >= 0.6 is 0 Å². The zero-order chi connectivity index (χ0) is 18.1. The van der Waals surface area contributed by atoms with Gasteiger partial charge in [0.15, 0.2) is 0 Å². The van der Waals surface area contributed by atoms with Crippen molar-refractivity contribution in [1.29, 1.82) is 0 Å². The minimum atomic E-state index is -4.29. The molecule has 0 saturated carbocycles. The summed E-state index contributed by atoms with van der Waals surface area (Å²) in [4.78, 5) is 12.8. The Morgan fingerprint density at radius 3 is 1.52 bits per heavy atom. The molecule has 0 aliphatic carbocycles. The van der Waals surface area contributed by atoms with E-state index in [1.165, 1.54) is 0 Å². The summed E-state index contributed by atoms with van der Waals surface area (Å²) in [5, 5.41) is 9.18. The number of hydrogen-bond acceptors (Lipinski definition) is 8. The first-order valence-electron chi connectivity index (χ1n) is 7.30. The molecule has 1 atom stereocenters. The number of carboxylic acids is 1. The Bertz CT molecular complexity index is 528. The van der Waals surface area contributed by atoms with Gasteiger partial charge in [-0.15, -0.1) is 0 Å². The van der Waals surface area contributed by atoms with E-state index in [0.717, 1.165) is 0 Å². The van der Waals surface area contributed by atoms with E-state index in [1.54, 1.807) is 11.8 Å². The van der Waals surface area contributed by atoms with Gasteiger partial charge in [0.2, 0.25) is 0 Å². The van der Waals surface area contributed by atoms with Crippen molar-refractivity contribution in [3.8, 4) is 0 Å². The van der Waals surface area contributed by atoms with Crippen LogP contribution in [-0.2, 0) is 25.0 Å². The molecule has 0 aliphatic rings. The van der Waals surface area contributed by atoms with E-state index in [2.05, 4.69) is 0 Å². The number of carboxylic acid groups (broad SMARTS) is 1. The minimum absolute atomic E-state index is 0. The monoisotopic (exact) mass is 419 g/mol. The normalized spacial score (nSPS) is 13.0. The van der Waals surface area contributed by atoms with Crippen LogP contribution < -0.4 is 59.1 Å². The van der Waals surface area contributed by atoms with Crippen LogP contribution in [0.15, 0.2) is 0 Å². The van der Waals surface area contributed by atoms with Gasteiger partial charge in [-0.2, -0.15) is 0 Å². The molecular weight excluding hydrogens is 396 g/mol. The standard InChI is InChI=1S/C12H25NO8S2.2Na/c1-2-11(12(14)15)13(7-3-5-9-22(16,17)18)8-4-6-10-23(19,20)21;;/h11H,2-10H2,1H3,(H,14,15)(H,16,17,18)(H,19,20,21);;/q;2*+1/p-2/t11-;;/m0../s1. The van der Waals surface area contributed by atoms with Crippen LogP contribution in [0.25, 0.3) is 0 Å². The van der Waals surface area contributed by atoms with Crippen molar-refractivity contribution >= 4 is 26.2 Å². The smallest absolute Gasteiger partial charge is 0.748 e. The summed E-state index contributed by atoms with van der Waals surface area (Å²) in [6.07, 6.45) is 1.27. The zero-order valence-electron chi connectivity index (χ0n) is 15.0. The fourth-order valence-corrected chi connectivity index (χ4v) is 3.32. The number of rotatable bonds is 13. The van der Waals surface area contributed by atoms with Crippen LogP contribution in [0.2, 0.25) is 0 Å². The molecule has 0 heterocycles. The van der Waals surface area contributed by atoms with E-state index < -0.39 is 43.8 Å². The number of carbonyl (C=O) groups is 1. The zero-order valence-corrected chi connectivity index (χ0v) is 20.6. The van der Waals surface area contributed by atoms with Crippen LogP contribution in [0.1, 0.15) is 39.0 Å².